The second-order valence-corrected chi connectivity index (χ2v) is 4.25. The van der Waals surface area contributed by atoms with Crippen molar-refractivity contribution < 1.29 is 9.84 Å². The highest BCUT2D eigenvalue weighted by Crippen LogP contribution is 2.31. The molecule has 1 aromatic rings. The van der Waals surface area contributed by atoms with Gasteiger partial charge in [-0.3, -0.25) is 4.98 Å². The first kappa shape index (κ1) is 10.6. The molecule has 0 aliphatic carbocycles. The molecule has 15 heavy (non-hydrogen) atoms. The number of aliphatic hydroxyl groups is 1. The van der Waals surface area contributed by atoms with Crippen molar-refractivity contribution in [3.63, 3.8) is 0 Å². The maximum absolute atomic E-state index is 10.5. The molecule has 1 fully saturated rings. The Balaban J connectivity index is 2.26. The highest BCUT2D eigenvalue weighted by Gasteiger charge is 2.30. The summed E-state index contributed by atoms with van der Waals surface area (Å²) in [4.78, 5) is 4.13. The summed E-state index contributed by atoms with van der Waals surface area (Å²) in [5.41, 5.74) is 1.27. The summed E-state index contributed by atoms with van der Waals surface area (Å²) in [7, 11) is 0. The van der Waals surface area contributed by atoms with Crippen molar-refractivity contribution in [3.8, 4) is 0 Å². The molecule has 1 aliphatic heterocycles. The van der Waals surface area contributed by atoms with E-state index in [1.54, 1.807) is 12.4 Å². The Labute approximate surface area is 90.1 Å². The Kier molecular flexibility index (Phi) is 3.03. The van der Waals surface area contributed by atoms with Crippen LogP contribution < -0.4 is 0 Å². The molecular weight excluding hydrogens is 190 g/mol. The fourth-order valence-corrected chi connectivity index (χ4v) is 2.03. The lowest BCUT2D eigenvalue weighted by Gasteiger charge is -2.26. The smallest absolute Gasteiger partial charge is 0.0934 e. The molecule has 3 heteroatoms. The molecule has 0 saturated carbocycles. The molecule has 1 aromatic heterocycles. The van der Waals surface area contributed by atoms with Crippen LogP contribution in [0.25, 0.3) is 0 Å². The second-order valence-electron chi connectivity index (χ2n) is 4.25. The summed E-state index contributed by atoms with van der Waals surface area (Å²) in [5.74, 6) is 0. The van der Waals surface area contributed by atoms with Gasteiger partial charge >= 0.3 is 0 Å². The highest BCUT2D eigenvalue weighted by atomic mass is 16.5. The number of ether oxygens (including phenoxy) is 1. The van der Waals surface area contributed by atoms with Crippen LogP contribution in [0, 0.1) is 6.92 Å². The molecule has 1 saturated heterocycles. The Bertz CT molecular complexity index is 330. The average Bonchev–Trinajstić information content (AvgIpc) is 2.44. The second kappa shape index (κ2) is 4.29. The lowest BCUT2D eigenvalue weighted by molar-refractivity contribution is 0.0140. The molecular formula is C12H17NO2. The van der Waals surface area contributed by atoms with E-state index in [1.165, 1.54) is 0 Å². The van der Waals surface area contributed by atoms with Crippen molar-refractivity contribution in [2.24, 2.45) is 0 Å². The van der Waals surface area contributed by atoms with Gasteiger partial charge in [-0.15, -0.1) is 0 Å². The summed E-state index contributed by atoms with van der Waals surface area (Å²) in [6.07, 6.45) is 5.90. The summed E-state index contributed by atoms with van der Waals surface area (Å²) in [6.45, 7) is 3.37. The van der Waals surface area contributed by atoms with Crippen LogP contribution in [0.3, 0.4) is 0 Å². The Hall–Kier alpha value is -0.930. The van der Waals surface area contributed by atoms with E-state index in [9.17, 15) is 5.11 Å². The summed E-state index contributed by atoms with van der Waals surface area (Å²) in [6, 6.07) is 2.01. The molecule has 1 N–H and O–H groups in total. The zero-order chi connectivity index (χ0) is 10.7. The van der Waals surface area contributed by atoms with Gasteiger partial charge in [0.05, 0.1) is 5.60 Å². The molecule has 1 unspecified atom stereocenters. The highest BCUT2D eigenvalue weighted by molar-refractivity contribution is 5.23. The number of hydrogen-bond acceptors (Lipinski definition) is 3. The number of pyridine rings is 1. The maximum atomic E-state index is 10.5. The topological polar surface area (TPSA) is 42.4 Å². The molecule has 1 atom stereocenters. The van der Waals surface area contributed by atoms with Crippen LogP contribution in [-0.4, -0.2) is 23.3 Å². The molecule has 2 rings (SSSR count). The molecule has 2 heterocycles. The van der Waals surface area contributed by atoms with E-state index in [2.05, 4.69) is 4.98 Å². The van der Waals surface area contributed by atoms with Crippen LogP contribution in [0.15, 0.2) is 18.5 Å². The van der Waals surface area contributed by atoms with Gasteiger partial charge in [0.25, 0.3) is 0 Å². The van der Waals surface area contributed by atoms with E-state index in [0.717, 1.165) is 30.6 Å². The molecule has 0 bridgehead atoms. The van der Waals surface area contributed by atoms with Gasteiger partial charge in [0, 0.05) is 37.6 Å². The zero-order valence-corrected chi connectivity index (χ0v) is 9.07. The fraction of sp³-hybridized carbons (Fsp3) is 0.583. The SMILES string of the molecule is Cc1cncc(C2(O)CCCOCC2)c1. The number of aryl methyl sites for hydroxylation is 1. The maximum Gasteiger partial charge on any atom is 0.0934 e. The minimum absolute atomic E-state index is 0.629. The van der Waals surface area contributed by atoms with Gasteiger partial charge in [-0.25, -0.2) is 0 Å². The van der Waals surface area contributed by atoms with Crippen molar-refractivity contribution in [1.29, 1.82) is 0 Å². The first-order valence-corrected chi connectivity index (χ1v) is 5.43. The number of rotatable bonds is 1. The Morgan fingerprint density at radius 2 is 2.20 bits per heavy atom. The minimum Gasteiger partial charge on any atom is -0.385 e. The van der Waals surface area contributed by atoms with Crippen LogP contribution in [0.4, 0.5) is 0 Å². The standard InChI is InChI=1S/C12H17NO2/c1-10-7-11(9-13-8-10)12(14)3-2-5-15-6-4-12/h7-9,14H,2-6H2,1H3. The normalized spacial score (nSPS) is 27.3. The number of aromatic nitrogens is 1. The van der Waals surface area contributed by atoms with E-state index in [0.29, 0.717) is 13.0 Å². The average molecular weight is 207 g/mol. The number of hydrogen-bond donors (Lipinski definition) is 1. The van der Waals surface area contributed by atoms with Gasteiger partial charge < -0.3 is 9.84 Å². The van der Waals surface area contributed by atoms with Gasteiger partial charge in [0.15, 0.2) is 0 Å². The van der Waals surface area contributed by atoms with Crippen LogP contribution >= 0.6 is 0 Å². The van der Waals surface area contributed by atoms with Gasteiger partial charge in [0.2, 0.25) is 0 Å². The van der Waals surface area contributed by atoms with Crippen molar-refractivity contribution in [2.75, 3.05) is 13.2 Å². The van der Waals surface area contributed by atoms with Gasteiger partial charge in [0.1, 0.15) is 0 Å². The van der Waals surface area contributed by atoms with Crippen LogP contribution in [0.2, 0.25) is 0 Å². The van der Waals surface area contributed by atoms with Gasteiger partial charge in [-0.1, -0.05) is 6.07 Å². The molecule has 0 aromatic carbocycles. The van der Waals surface area contributed by atoms with E-state index in [4.69, 9.17) is 4.74 Å². The lowest BCUT2D eigenvalue weighted by atomic mass is 9.87. The molecule has 3 nitrogen and oxygen atoms in total. The minimum atomic E-state index is -0.741. The predicted molar refractivity (Wildman–Crippen MR) is 57.5 cm³/mol. The third kappa shape index (κ3) is 2.36. The van der Waals surface area contributed by atoms with Crippen molar-refractivity contribution in [2.45, 2.75) is 31.8 Å². The fourth-order valence-electron chi connectivity index (χ4n) is 2.03. The van der Waals surface area contributed by atoms with Crippen molar-refractivity contribution >= 4 is 0 Å². The number of nitrogens with zero attached hydrogens (tertiary/aromatic N) is 1. The van der Waals surface area contributed by atoms with E-state index >= 15 is 0 Å². The third-order valence-corrected chi connectivity index (χ3v) is 2.95. The van der Waals surface area contributed by atoms with Crippen molar-refractivity contribution in [1.82, 2.24) is 4.98 Å². The first-order chi connectivity index (χ1) is 7.21. The van der Waals surface area contributed by atoms with E-state index in [1.807, 2.05) is 13.0 Å². The molecule has 0 radical (unpaired) electrons. The molecule has 1 aliphatic rings. The van der Waals surface area contributed by atoms with Crippen LogP contribution in [0.5, 0.6) is 0 Å². The summed E-state index contributed by atoms with van der Waals surface area (Å²) >= 11 is 0. The van der Waals surface area contributed by atoms with Gasteiger partial charge in [-0.05, 0) is 25.3 Å². The molecule has 0 spiro atoms. The zero-order valence-electron chi connectivity index (χ0n) is 9.07. The Morgan fingerprint density at radius 3 is 3.00 bits per heavy atom. The van der Waals surface area contributed by atoms with E-state index in [-0.39, 0.29) is 0 Å². The summed E-state index contributed by atoms with van der Waals surface area (Å²) < 4.78 is 5.36. The van der Waals surface area contributed by atoms with Gasteiger partial charge in [-0.2, -0.15) is 0 Å². The quantitative estimate of drug-likeness (QED) is 0.763. The molecule has 0 amide bonds. The third-order valence-electron chi connectivity index (χ3n) is 2.95. The van der Waals surface area contributed by atoms with Crippen LogP contribution in [0.1, 0.15) is 30.4 Å². The van der Waals surface area contributed by atoms with Crippen molar-refractivity contribution in [3.05, 3.63) is 29.6 Å². The Morgan fingerprint density at radius 1 is 1.33 bits per heavy atom. The lowest BCUT2D eigenvalue weighted by Crippen LogP contribution is -2.26. The first-order valence-electron chi connectivity index (χ1n) is 5.43. The largest absolute Gasteiger partial charge is 0.385 e. The molecule has 82 valence electrons. The predicted octanol–water partition coefficient (Wildman–Crippen LogP) is 1.78. The monoisotopic (exact) mass is 207 g/mol. The van der Waals surface area contributed by atoms with Crippen LogP contribution in [-0.2, 0) is 10.3 Å². The summed E-state index contributed by atoms with van der Waals surface area (Å²) in [5, 5.41) is 10.5. The van der Waals surface area contributed by atoms with E-state index < -0.39 is 5.60 Å².